The number of amides is 1. The molecule has 14 heteroatoms. The SMILES string of the molecule is O=C(NCC(=S)NCC(F)(F)F)c1ccc(C=CC(c2cc(Cl)c(Cl)c(Cl)c2)C(F)(F)F)cc1Br. The second kappa shape index (κ2) is 12.1. The number of hydrogen-bond donors (Lipinski definition) is 2. The van der Waals surface area contributed by atoms with Crippen LogP contribution in [0.2, 0.25) is 15.1 Å². The van der Waals surface area contributed by atoms with Gasteiger partial charge in [0.1, 0.15) is 6.54 Å². The Balaban J connectivity index is 2.15. The molecule has 35 heavy (non-hydrogen) atoms. The van der Waals surface area contributed by atoms with Crippen molar-refractivity contribution < 1.29 is 31.1 Å². The molecule has 0 aliphatic rings. The van der Waals surface area contributed by atoms with Crippen LogP contribution in [0.1, 0.15) is 27.4 Å². The molecule has 0 aliphatic heterocycles. The molecule has 0 fully saturated rings. The van der Waals surface area contributed by atoms with E-state index in [9.17, 15) is 31.1 Å². The number of benzene rings is 2. The Kier molecular flexibility index (Phi) is 10.3. The number of rotatable bonds is 7. The third kappa shape index (κ3) is 9.13. The van der Waals surface area contributed by atoms with Crippen molar-refractivity contribution in [3.05, 3.63) is 72.6 Å². The lowest BCUT2D eigenvalue weighted by Gasteiger charge is -2.18. The Morgan fingerprint density at radius 3 is 2.14 bits per heavy atom. The van der Waals surface area contributed by atoms with Gasteiger partial charge in [0.05, 0.1) is 38.1 Å². The van der Waals surface area contributed by atoms with Gasteiger partial charge in [-0.05, 0) is 51.3 Å². The maximum atomic E-state index is 13.7. The molecule has 0 heterocycles. The molecule has 2 rings (SSSR count). The molecule has 0 saturated carbocycles. The van der Waals surface area contributed by atoms with Gasteiger partial charge in [-0.15, -0.1) is 0 Å². The smallest absolute Gasteiger partial charge is 0.369 e. The van der Waals surface area contributed by atoms with Crippen LogP contribution in [-0.2, 0) is 0 Å². The number of allylic oxidation sites excluding steroid dienone is 1. The summed E-state index contributed by atoms with van der Waals surface area (Å²) in [5.41, 5.74) is 0.221. The van der Waals surface area contributed by atoms with Gasteiger partial charge in [-0.1, -0.05) is 65.2 Å². The summed E-state index contributed by atoms with van der Waals surface area (Å²) in [5, 5.41) is 4.03. The molecular weight excluding hydrogens is 629 g/mol. The molecule has 1 amide bonds. The van der Waals surface area contributed by atoms with Crippen molar-refractivity contribution in [2.75, 3.05) is 13.1 Å². The van der Waals surface area contributed by atoms with E-state index in [1.54, 1.807) is 0 Å². The van der Waals surface area contributed by atoms with Crippen molar-refractivity contribution in [3.8, 4) is 0 Å². The van der Waals surface area contributed by atoms with E-state index in [1.165, 1.54) is 24.3 Å². The lowest BCUT2D eigenvalue weighted by Crippen LogP contribution is -2.39. The fourth-order valence-electron chi connectivity index (χ4n) is 2.71. The monoisotopic (exact) mass is 640 g/mol. The summed E-state index contributed by atoms with van der Waals surface area (Å²) in [6.07, 6.45) is -7.01. The molecule has 0 radical (unpaired) electrons. The molecule has 0 aliphatic carbocycles. The summed E-state index contributed by atoms with van der Waals surface area (Å²) in [4.78, 5) is 12.1. The maximum absolute atomic E-state index is 13.7. The molecule has 0 aromatic heterocycles. The van der Waals surface area contributed by atoms with Crippen LogP contribution >= 0.6 is 63.0 Å². The van der Waals surface area contributed by atoms with Crippen LogP contribution in [-0.4, -0.2) is 36.3 Å². The van der Waals surface area contributed by atoms with Gasteiger partial charge in [-0.2, -0.15) is 26.3 Å². The van der Waals surface area contributed by atoms with E-state index >= 15 is 0 Å². The fraction of sp³-hybridized carbons (Fsp3) is 0.238. The molecule has 3 nitrogen and oxygen atoms in total. The molecule has 0 saturated heterocycles. The largest absolute Gasteiger partial charge is 0.405 e. The normalized spacial score (nSPS) is 13.1. The first-order valence-corrected chi connectivity index (χ1v) is 11.7. The van der Waals surface area contributed by atoms with Crippen LogP contribution in [0.4, 0.5) is 26.3 Å². The molecule has 0 bridgehead atoms. The second-order valence-electron chi connectivity index (χ2n) is 6.99. The topological polar surface area (TPSA) is 41.1 Å². The van der Waals surface area contributed by atoms with E-state index in [-0.39, 0.29) is 42.2 Å². The first kappa shape index (κ1) is 29.7. The van der Waals surface area contributed by atoms with E-state index in [0.717, 1.165) is 18.2 Å². The predicted octanol–water partition coefficient (Wildman–Crippen LogP) is 7.98. The summed E-state index contributed by atoms with van der Waals surface area (Å²) in [7, 11) is 0. The molecule has 190 valence electrons. The van der Waals surface area contributed by atoms with Crippen molar-refractivity contribution in [2.45, 2.75) is 18.3 Å². The summed E-state index contributed by atoms with van der Waals surface area (Å²) in [6.45, 7) is -1.67. The van der Waals surface area contributed by atoms with Gasteiger partial charge in [-0.25, -0.2) is 0 Å². The van der Waals surface area contributed by atoms with Crippen molar-refractivity contribution in [3.63, 3.8) is 0 Å². The number of nitrogens with one attached hydrogen (secondary N) is 2. The highest BCUT2D eigenvalue weighted by atomic mass is 79.9. The first-order valence-electron chi connectivity index (χ1n) is 9.39. The zero-order chi connectivity index (χ0) is 26.6. The number of halogens is 10. The summed E-state index contributed by atoms with van der Waals surface area (Å²) >= 11 is 25.5. The van der Waals surface area contributed by atoms with Crippen LogP contribution in [0.5, 0.6) is 0 Å². The van der Waals surface area contributed by atoms with E-state index in [4.69, 9.17) is 47.0 Å². The van der Waals surface area contributed by atoms with Crippen molar-refractivity contribution in [1.29, 1.82) is 0 Å². The van der Waals surface area contributed by atoms with Gasteiger partial charge in [0.15, 0.2) is 0 Å². The molecule has 1 unspecified atom stereocenters. The van der Waals surface area contributed by atoms with Crippen LogP contribution in [0, 0.1) is 0 Å². The van der Waals surface area contributed by atoms with Crippen molar-refractivity contribution >= 4 is 79.9 Å². The molecule has 2 aromatic rings. The minimum absolute atomic E-state index is 0.0586. The van der Waals surface area contributed by atoms with Crippen molar-refractivity contribution in [1.82, 2.24) is 10.6 Å². The minimum Gasteiger partial charge on any atom is -0.369 e. The number of alkyl halides is 6. The number of carbonyl (C=O) groups is 1. The quantitative estimate of drug-likeness (QED) is 0.183. The third-order valence-corrected chi connectivity index (χ3v) is 6.47. The van der Waals surface area contributed by atoms with E-state index < -0.39 is 30.7 Å². The fourth-order valence-corrected chi connectivity index (χ4v) is 4.04. The molecular formula is C21H14BrCl3F6N2OS. The Morgan fingerprint density at radius 1 is 1.03 bits per heavy atom. The molecule has 2 N–H and O–H groups in total. The lowest BCUT2D eigenvalue weighted by atomic mass is 9.97. The van der Waals surface area contributed by atoms with E-state index in [2.05, 4.69) is 21.2 Å². The lowest BCUT2D eigenvalue weighted by molar-refractivity contribution is -0.139. The maximum Gasteiger partial charge on any atom is 0.405 e. The van der Waals surface area contributed by atoms with Crippen LogP contribution in [0.15, 0.2) is 40.9 Å². The van der Waals surface area contributed by atoms with E-state index in [1.807, 2.05) is 5.32 Å². The average molecular weight is 643 g/mol. The second-order valence-corrected chi connectivity index (χ2v) is 9.53. The van der Waals surface area contributed by atoms with Gasteiger partial charge in [0.25, 0.3) is 5.91 Å². The van der Waals surface area contributed by atoms with Gasteiger partial charge in [0.2, 0.25) is 0 Å². The Hall–Kier alpha value is -1.53. The Morgan fingerprint density at radius 2 is 1.63 bits per heavy atom. The van der Waals surface area contributed by atoms with Crippen LogP contribution < -0.4 is 10.6 Å². The molecule has 0 spiro atoms. The van der Waals surface area contributed by atoms with Crippen LogP contribution in [0.3, 0.4) is 0 Å². The van der Waals surface area contributed by atoms with E-state index in [0.29, 0.717) is 5.56 Å². The number of hydrogen-bond acceptors (Lipinski definition) is 2. The van der Waals surface area contributed by atoms with Gasteiger partial charge < -0.3 is 10.6 Å². The van der Waals surface area contributed by atoms with Crippen molar-refractivity contribution in [2.24, 2.45) is 0 Å². The predicted molar refractivity (Wildman–Crippen MR) is 132 cm³/mol. The highest BCUT2D eigenvalue weighted by Gasteiger charge is 2.39. The molecule has 1 atom stereocenters. The summed E-state index contributed by atoms with van der Waals surface area (Å²) < 4.78 is 77.9. The number of thiocarbonyl (C=S) groups is 1. The standard InChI is InChI=1S/C21H14BrCl3F6N2OS/c22-14-5-10(1-3-12(14)19(34)32-8-17(35)33-9-20(26,27)28)2-4-13(21(29,30)31)11-6-15(23)18(25)16(24)7-11/h1-7,13H,8-9H2,(H,32,34)(H,33,35). The minimum atomic E-state index is -4.66. The van der Waals surface area contributed by atoms with Gasteiger partial charge >= 0.3 is 12.4 Å². The average Bonchev–Trinajstić information content (AvgIpc) is 2.73. The number of carbonyl (C=O) groups excluding carboxylic acids is 1. The van der Waals surface area contributed by atoms with Crippen LogP contribution in [0.25, 0.3) is 6.08 Å². The highest BCUT2D eigenvalue weighted by molar-refractivity contribution is 9.10. The van der Waals surface area contributed by atoms with Gasteiger partial charge in [0, 0.05) is 4.47 Å². The Bertz CT molecular complexity index is 1120. The molecule has 2 aromatic carbocycles. The summed E-state index contributed by atoms with van der Waals surface area (Å²) in [6, 6.07) is 6.29. The third-order valence-electron chi connectivity index (χ3n) is 4.33. The summed E-state index contributed by atoms with van der Waals surface area (Å²) in [5.74, 6) is -2.69. The zero-order valence-corrected chi connectivity index (χ0v) is 21.8. The zero-order valence-electron chi connectivity index (χ0n) is 17.1. The Labute approximate surface area is 224 Å². The first-order chi connectivity index (χ1) is 16.1. The van der Waals surface area contributed by atoms with Gasteiger partial charge in [-0.3, -0.25) is 4.79 Å². The highest BCUT2D eigenvalue weighted by Crippen LogP contribution is 2.41.